The van der Waals surface area contributed by atoms with Gasteiger partial charge in [-0.1, -0.05) is 36.0 Å². The van der Waals surface area contributed by atoms with Crippen molar-refractivity contribution in [3.05, 3.63) is 66.3 Å². The zero-order chi connectivity index (χ0) is 17.3. The Hall–Kier alpha value is -2.21. The Bertz CT molecular complexity index is 887. The minimum atomic E-state index is -0.0245. The smallest absolute Gasteiger partial charge is 0.172 e. The molecule has 26 heavy (non-hydrogen) atoms. The molecule has 1 unspecified atom stereocenters. The summed E-state index contributed by atoms with van der Waals surface area (Å²) in [5, 5.41) is 3.55. The summed E-state index contributed by atoms with van der Waals surface area (Å²) >= 11 is 1.80. The number of hydrogen-bond acceptors (Lipinski definition) is 5. The Labute approximate surface area is 157 Å². The van der Waals surface area contributed by atoms with Crippen LogP contribution in [0.4, 0.5) is 11.4 Å². The number of morpholine rings is 1. The maximum atomic E-state index is 6.37. The Morgan fingerprint density at radius 3 is 2.77 bits per heavy atom. The van der Waals surface area contributed by atoms with E-state index in [4.69, 9.17) is 9.47 Å². The number of fused-ring (bicyclic) bond motifs is 2. The molecule has 0 bridgehead atoms. The molecule has 3 aliphatic heterocycles. The van der Waals surface area contributed by atoms with Crippen molar-refractivity contribution in [2.75, 3.05) is 31.6 Å². The van der Waals surface area contributed by atoms with E-state index < -0.39 is 0 Å². The molecule has 1 saturated heterocycles. The van der Waals surface area contributed by atoms with Gasteiger partial charge in [-0.3, -0.25) is 4.90 Å². The maximum Gasteiger partial charge on any atom is 0.172 e. The summed E-state index contributed by atoms with van der Waals surface area (Å²) in [6.07, 6.45) is 6.26. The molecule has 1 atom stereocenters. The second kappa shape index (κ2) is 6.83. The third-order valence-electron chi connectivity index (χ3n) is 4.83. The molecule has 0 radical (unpaired) electrons. The number of nitrogens with one attached hydrogen (secondary N) is 1. The monoisotopic (exact) mass is 364 g/mol. The lowest BCUT2D eigenvalue weighted by Crippen LogP contribution is -2.44. The standard InChI is InChI=1S/C21H20N2O2S/c1-2-9-19-16(6-1)22-17-7-3-5-15(21(17)26-19)18-8-4-10-20(25-18)23-11-13-24-14-12-23/h1-10,20,22H,11-14H2. The van der Waals surface area contributed by atoms with Crippen LogP contribution in [-0.2, 0) is 9.47 Å². The fourth-order valence-electron chi connectivity index (χ4n) is 3.48. The van der Waals surface area contributed by atoms with Crippen molar-refractivity contribution < 1.29 is 9.47 Å². The molecule has 0 saturated carbocycles. The van der Waals surface area contributed by atoms with Crippen LogP contribution in [0.25, 0.3) is 5.76 Å². The molecule has 2 aromatic carbocycles. The molecule has 5 heteroatoms. The highest BCUT2D eigenvalue weighted by Crippen LogP contribution is 2.47. The van der Waals surface area contributed by atoms with E-state index in [0.717, 1.165) is 49.0 Å². The third-order valence-corrected chi connectivity index (χ3v) is 6.05. The molecule has 2 aromatic rings. The lowest BCUT2D eigenvalue weighted by atomic mass is 10.1. The largest absolute Gasteiger partial charge is 0.471 e. The molecule has 3 aliphatic rings. The summed E-state index contributed by atoms with van der Waals surface area (Å²) in [5.41, 5.74) is 3.43. The molecular weight excluding hydrogens is 344 g/mol. The summed E-state index contributed by atoms with van der Waals surface area (Å²) in [6.45, 7) is 3.34. The summed E-state index contributed by atoms with van der Waals surface area (Å²) in [6, 6.07) is 14.8. The summed E-state index contributed by atoms with van der Waals surface area (Å²) < 4.78 is 11.8. The second-order valence-corrected chi connectivity index (χ2v) is 7.53. The first-order valence-corrected chi connectivity index (χ1v) is 9.74. The van der Waals surface area contributed by atoms with Gasteiger partial charge < -0.3 is 14.8 Å². The molecule has 4 nitrogen and oxygen atoms in total. The number of ether oxygens (including phenoxy) is 2. The molecule has 0 amide bonds. The predicted octanol–water partition coefficient (Wildman–Crippen LogP) is 4.48. The van der Waals surface area contributed by atoms with Crippen LogP contribution >= 0.6 is 11.8 Å². The van der Waals surface area contributed by atoms with Crippen LogP contribution in [0.2, 0.25) is 0 Å². The number of para-hydroxylation sites is 1. The van der Waals surface area contributed by atoms with Crippen molar-refractivity contribution in [1.82, 2.24) is 4.90 Å². The molecule has 0 aliphatic carbocycles. The van der Waals surface area contributed by atoms with Gasteiger partial charge in [-0.05, 0) is 36.4 Å². The van der Waals surface area contributed by atoms with E-state index >= 15 is 0 Å². The number of nitrogens with zero attached hydrogens (tertiary/aromatic N) is 1. The van der Waals surface area contributed by atoms with Crippen molar-refractivity contribution >= 4 is 28.9 Å². The van der Waals surface area contributed by atoms with Crippen LogP contribution in [0, 0.1) is 0 Å². The molecule has 132 valence electrons. The zero-order valence-corrected chi connectivity index (χ0v) is 15.2. The highest BCUT2D eigenvalue weighted by molar-refractivity contribution is 7.99. The van der Waals surface area contributed by atoms with E-state index in [1.54, 1.807) is 11.8 Å². The summed E-state index contributed by atoms with van der Waals surface area (Å²) in [7, 11) is 0. The molecule has 1 N–H and O–H groups in total. The first-order chi connectivity index (χ1) is 12.9. The van der Waals surface area contributed by atoms with Crippen molar-refractivity contribution in [3.8, 4) is 0 Å². The van der Waals surface area contributed by atoms with Gasteiger partial charge in [0.05, 0.1) is 24.6 Å². The van der Waals surface area contributed by atoms with Gasteiger partial charge in [-0.2, -0.15) is 0 Å². The van der Waals surface area contributed by atoms with Gasteiger partial charge in [0.2, 0.25) is 0 Å². The predicted molar refractivity (Wildman–Crippen MR) is 105 cm³/mol. The van der Waals surface area contributed by atoms with Crippen LogP contribution in [0.5, 0.6) is 0 Å². The van der Waals surface area contributed by atoms with E-state index in [-0.39, 0.29) is 6.23 Å². The lowest BCUT2D eigenvalue weighted by Gasteiger charge is -2.35. The van der Waals surface area contributed by atoms with Gasteiger partial charge in [0.15, 0.2) is 6.23 Å². The first-order valence-electron chi connectivity index (χ1n) is 8.93. The minimum absolute atomic E-state index is 0.0245. The van der Waals surface area contributed by atoms with Crippen LogP contribution in [-0.4, -0.2) is 37.4 Å². The molecule has 1 fully saturated rings. The Kier molecular flexibility index (Phi) is 4.21. The van der Waals surface area contributed by atoms with Crippen molar-refractivity contribution in [3.63, 3.8) is 0 Å². The topological polar surface area (TPSA) is 33.7 Å². The summed E-state index contributed by atoms with van der Waals surface area (Å²) in [4.78, 5) is 4.78. The van der Waals surface area contributed by atoms with Gasteiger partial charge in [0.1, 0.15) is 5.76 Å². The second-order valence-electron chi connectivity index (χ2n) is 6.48. The normalized spacial score (nSPS) is 21.8. The number of rotatable bonds is 2. The van der Waals surface area contributed by atoms with Gasteiger partial charge >= 0.3 is 0 Å². The minimum Gasteiger partial charge on any atom is -0.471 e. The summed E-state index contributed by atoms with van der Waals surface area (Å²) in [5.74, 6) is 0.925. The van der Waals surface area contributed by atoms with E-state index in [1.165, 1.54) is 9.79 Å². The zero-order valence-electron chi connectivity index (χ0n) is 14.4. The van der Waals surface area contributed by atoms with E-state index in [9.17, 15) is 0 Å². The van der Waals surface area contributed by atoms with Gasteiger partial charge in [0.25, 0.3) is 0 Å². The van der Waals surface area contributed by atoms with Crippen molar-refractivity contribution in [2.45, 2.75) is 16.0 Å². The molecule has 5 rings (SSSR count). The number of anilines is 2. The maximum absolute atomic E-state index is 6.37. The Morgan fingerprint density at radius 1 is 1.00 bits per heavy atom. The Morgan fingerprint density at radius 2 is 1.85 bits per heavy atom. The van der Waals surface area contributed by atoms with Crippen LogP contribution in [0.3, 0.4) is 0 Å². The van der Waals surface area contributed by atoms with Gasteiger partial charge in [-0.15, -0.1) is 0 Å². The average molecular weight is 364 g/mol. The number of hydrogen-bond donors (Lipinski definition) is 1. The van der Waals surface area contributed by atoms with E-state index in [1.807, 2.05) is 0 Å². The van der Waals surface area contributed by atoms with Gasteiger partial charge in [-0.25, -0.2) is 0 Å². The fraction of sp³-hybridized carbons (Fsp3) is 0.238. The van der Waals surface area contributed by atoms with E-state index in [2.05, 4.69) is 70.9 Å². The number of benzene rings is 2. The number of allylic oxidation sites excluding steroid dienone is 2. The van der Waals surface area contributed by atoms with Gasteiger partial charge in [0, 0.05) is 28.4 Å². The van der Waals surface area contributed by atoms with E-state index in [0.29, 0.717) is 0 Å². The van der Waals surface area contributed by atoms with Crippen molar-refractivity contribution in [1.29, 1.82) is 0 Å². The SMILES string of the molecule is C1=CC(N2CCOCC2)OC(c2cccc3c2Sc2ccccc2N3)=C1. The van der Waals surface area contributed by atoms with Crippen LogP contribution in [0.1, 0.15) is 5.56 Å². The molecular formula is C21H20N2O2S. The fourth-order valence-corrected chi connectivity index (χ4v) is 4.58. The quantitative estimate of drug-likeness (QED) is 0.725. The lowest BCUT2D eigenvalue weighted by molar-refractivity contribution is -0.0364. The molecule has 0 aromatic heterocycles. The van der Waals surface area contributed by atoms with Crippen LogP contribution < -0.4 is 5.32 Å². The molecule has 3 heterocycles. The highest BCUT2D eigenvalue weighted by atomic mass is 32.2. The third kappa shape index (κ3) is 2.92. The average Bonchev–Trinajstić information content (AvgIpc) is 2.72. The Balaban J connectivity index is 1.45. The molecule has 0 spiro atoms. The van der Waals surface area contributed by atoms with Crippen molar-refractivity contribution in [2.24, 2.45) is 0 Å². The van der Waals surface area contributed by atoms with Crippen LogP contribution in [0.15, 0.2) is 70.5 Å². The highest BCUT2D eigenvalue weighted by Gasteiger charge is 2.26. The first kappa shape index (κ1) is 16.0.